The molecule has 6 nitrogen and oxygen atoms in total. The van der Waals surface area contributed by atoms with Gasteiger partial charge in [0.1, 0.15) is 11.1 Å². The number of aromatic carboxylic acids is 1. The molecule has 0 aliphatic heterocycles. The maximum Gasteiger partial charge on any atom is 0.339 e. The minimum Gasteiger partial charge on any atom is -0.478 e. The van der Waals surface area contributed by atoms with Crippen LogP contribution in [0.5, 0.6) is 0 Å². The summed E-state index contributed by atoms with van der Waals surface area (Å²) in [7, 11) is 0. The number of anilines is 1. The number of carboxylic acid groups (broad SMARTS) is 1. The van der Waals surface area contributed by atoms with Gasteiger partial charge in [0.15, 0.2) is 5.65 Å². The highest BCUT2D eigenvalue weighted by molar-refractivity contribution is 6.03. The number of rotatable bonds is 5. The molecule has 0 amide bonds. The van der Waals surface area contributed by atoms with Gasteiger partial charge in [-0.3, -0.25) is 0 Å². The molecule has 2 N–H and O–H groups in total. The van der Waals surface area contributed by atoms with Gasteiger partial charge in [0.05, 0.1) is 11.4 Å². The number of pyridine rings is 1. The first-order valence-corrected chi connectivity index (χ1v) is 6.23. The summed E-state index contributed by atoms with van der Waals surface area (Å²) in [5, 5.41) is 12.5. The first kappa shape index (κ1) is 13.2. The fourth-order valence-electron chi connectivity index (χ4n) is 1.93. The highest BCUT2D eigenvalue weighted by Gasteiger charge is 2.19. The molecule has 19 heavy (non-hydrogen) atoms. The van der Waals surface area contributed by atoms with Crippen LogP contribution in [0.2, 0.25) is 0 Å². The number of nitrogens with one attached hydrogen (secondary N) is 1. The van der Waals surface area contributed by atoms with Gasteiger partial charge in [-0.15, -0.1) is 0 Å². The zero-order valence-corrected chi connectivity index (χ0v) is 11.0. The van der Waals surface area contributed by atoms with Crippen molar-refractivity contribution in [2.24, 2.45) is 0 Å². The second kappa shape index (κ2) is 5.60. The van der Waals surface area contributed by atoms with Crippen LogP contribution in [0.3, 0.4) is 0 Å². The van der Waals surface area contributed by atoms with E-state index in [1.807, 2.05) is 0 Å². The molecule has 0 spiro atoms. The summed E-state index contributed by atoms with van der Waals surface area (Å²) < 4.78 is 0. The number of aryl methyl sites for hydroxylation is 1. The highest BCUT2D eigenvalue weighted by Crippen LogP contribution is 2.25. The van der Waals surface area contributed by atoms with E-state index < -0.39 is 5.97 Å². The van der Waals surface area contributed by atoms with Gasteiger partial charge in [-0.25, -0.2) is 19.7 Å². The lowest BCUT2D eigenvalue weighted by molar-refractivity contribution is 0.0697. The fourth-order valence-corrected chi connectivity index (χ4v) is 1.93. The second-order valence-electron chi connectivity index (χ2n) is 4.26. The van der Waals surface area contributed by atoms with Gasteiger partial charge in [0, 0.05) is 18.9 Å². The Bertz CT molecular complexity index is 613. The quantitative estimate of drug-likeness (QED) is 0.801. The molecule has 2 heterocycles. The summed E-state index contributed by atoms with van der Waals surface area (Å²) in [6.45, 7) is 4.45. The molecular weight excluding hydrogens is 244 g/mol. The lowest BCUT2D eigenvalue weighted by Crippen LogP contribution is -2.12. The second-order valence-corrected chi connectivity index (χ2v) is 4.26. The zero-order valence-electron chi connectivity index (χ0n) is 11.0. The number of aromatic nitrogens is 3. The summed E-state index contributed by atoms with van der Waals surface area (Å²) in [5.74, 6) is -1.00. The maximum absolute atomic E-state index is 11.4. The van der Waals surface area contributed by atoms with E-state index in [0.29, 0.717) is 29.1 Å². The average Bonchev–Trinajstić information content (AvgIpc) is 2.38. The molecule has 2 rings (SSSR count). The van der Waals surface area contributed by atoms with E-state index in [4.69, 9.17) is 0 Å². The Balaban J connectivity index is 2.59. The van der Waals surface area contributed by atoms with E-state index in [-0.39, 0.29) is 5.56 Å². The van der Waals surface area contributed by atoms with Crippen molar-refractivity contribution in [3.05, 3.63) is 23.7 Å². The molecule has 0 saturated heterocycles. The van der Waals surface area contributed by atoms with Crippen LogP contribution < -0.4 is 5.32 Å². The van der Waals surface area contributed by atoms with Gasteiger partial charge >= 0.3 is 5.97 Å². The molecule has 0 unspecified atom stereocenters. The van der Waals surface area contributed by atoms with Gasteiger partial charge in [-0.1, -0.05) is 13.3 Å². The number of hydrogen-bond acceptors (Lipinski definition) is 5. The van der Waals surface area contributed by atoms with Gasteiger partial charge in [0.2, 0.25) is 0 Å². The molecule has 2 aromatic heterocycles. The third-order valence-electron chi connectivity index (χ3n) is 2.85. The van der Waals surface area contributed by atoms with Crippen LogP contribution in [-0.4, -0.2) is 32.6 Å². The van der Waals surface area contributed by atoms with E-state index in [0.717, 1.165) is 12.8 Å². The molecule has 6 heteroatoms. The molecule has 0 saturated carbocycles. The van der Waals surface area contributed by atoms with Crippen molar-refractivity contribution < 1.29 is 9.90 Å². The number of carboxylic acids is 1. The van der Waals surface area contributed by atoms with Gasteiger partial charge in [-0.2, -0.15) is 0 Å². The third-order valence-corrected chi connectivity index (χ3v) is 2.85. The zero-order chi connectivity index (χ0) is 13.8. The molecule has 0 radical (unpaired) electrons. The maximum atomic E-state index is 11.4. The molecule has 100 valence electrons. The number of carbonyl (C=O) groups is 1. The van der Waals surface area contributed by atoms with Crippen LogP contribution >= 0.6 is 0 Å². The molecule has 0 aliphatic carbocycles. The monoisotopic (exact) mass is 260 g/mol. The Kier molecular flexibility index (Phi) is 3.89. The van der Waals surface area contributed by atoms with Crippen molar-refractivity contribution in [1.29, 1.82) is 0 Å². The van der Waals surface area contributed by atoms with E-state index in [1.165, 1.54) is 6.20 Å². The Morgan fingerprint density at radius 1 is 1.37 bits per heavy atom. The SMILES string of the molecule is CCCCNc1c(C(=O)O)c(C)nc2nccnc12. The minimum atomic E-state index is -1.00. The van der Waals surface area contributed by atoms with Crippen molar-refractivity contribution in [1.82, 2.24) is 15.0 Å². The molecule has 2 aromatic rings. The largest absolute Gasteiger partial charge is 0.478 e. The van der Waals surface area contributed by atoms with Crippen LogP contribution in [0.25, 0.3) is 11.2 Å². The summed E-state index contributed by atoms with van der Waals surface area (Å²) in [6.07, 6.45) is 5.08. The number of fused-ring (bicyclic) bond motifs is 1. The van der Waals surface area contributed by atoms with Crippen LogP contribution in [0, 0.1) is 6.92 Å². The average molecular weight is 260 g/mol. The third kappa shape index (κ3) is 2.62. The number of hydrogen-bond donors (Lipinski definition) is 2. The first-order chi connectivity index (χ1) is 9.15. The Morgan fingerprint density at radius 3 is 2.79 bits per heavy atom. The van der Waals surface area contributed by atoms with Gasteiger partial charge in [0.25, 0.3) is 0 Å². The Hall–Kier alpha value is -2.24. The molecular formula is C13H16N4O2. The molecule has 0 fully saturated rings. The van der Waals surface area contributed by atoms with Gasteiger partial charge in [-0.05, 0) is 13.3 Å². The van der Waals surface area contributed by atoms with Crippen molar-refractivity contribution >= 4 is 22.8 Å². The molecule has 0 atom stereocenters. The fraction of sp³-hybridized carbons (Fsp3) is 0.385. The lowest BCUT2D eigenvalue weighted by atomic mass is 10.1. The number of unbranched alkanes of at least 4 members (excludes halogenated alkanes) is 1. The lowest BCUT2D eigenvalue weighted by Gasteiger charge is -2.13. The van der Waals surface area contributed by atoms with Crippen molar-refractivity contribution in [2.75, 3.05) is 11.9 Å². The minimum absolute atomic E-state index is 0.170. The van der Waals surface area contributed by atoms with Crippen LogP contribution in [0.1, 0.15) is 35.8 Å². The van der Waals surface area contributed by atoms with Crippen molar-refractivity contribution in [3.8, 4) is 0 Å². The highest BCUT2D eigenvalue weighted by atomic mass is 16.4. The smallest absolute Gasteiger partial charge is 0.339 e. The predicted molar refractivity (Wildman–Crippen MR) is 72.4 cm³/mol. The summed E-state index contributed by atoms with van der Waals surface area (Å²) >= 11 is 0. The molecule has 0 bridgehead atoms. The normalized spacial score (nSPS) is 10.6. The number of nitrogens with zero attached hydrogens (tertiary/aromatic N) is 3. The molecule has 0 aliphatic rings. The summed E-state index contributed by atoms with van der Waals surface area (Å²) in [6, 6.07) is 0. The summed E-state index contributed by atoms with van der Waals surface area (Å²) in [4.78, 5) is 23.9. The van der Waals surface area contributed by atoms with Crippen LogP contribution in [0.15, 0.2) is 12.4 Å². The van der Waals surface area contributed by atoms with Crippen molar-refractivity contribution in [3.63, 3.8) is 0 Å². The van der Waals surface area contributed by atoms with Crippen LogP contribution in [0.4, 0.5) is 5.69 Å². The Labute approximate surface area is 110 Å². The van der Waals surface area contributed by atoms with Gasteiger partial charge < -0.3 is 10.4 Å². The standard InChI is InChI=1S/C13H16N4O2/c1-3-4-5-14-10-9(13(18)19)8(2)17-12-11(10)15-6-7-16-12/h6-7H,3-5H2,1-2H3,(H,18,19)(H,14,16,17). The topological polar surface area (TPSA) is 88.0 Å². The van der Waals surface area contributed by atoms with E-state index in [1.54, 1.807) is 13.1 Å². The van der Waals surface area contributed by atoms with E-state index in [9.17, 15) is 9.90 Å². The van der Waals surface area contributed by atoms with E-state index >= 15 is 0 Å². The van der Waals surface area contributed by atoms with E-state index in [2.05, 4.69) is 27.2 Å². The predicted octanol–water partition coefficient (Wildman–Crippen LogP) is 2.24. The van der Waals surface area contributed by atoms with Crippen LogP contribution in [-0.2, 0) is 0 Å². The Morgan fingerprint density at radius 2 is 2.11 bits per heavy atom. The first-order valence-electron chi connectivity index (χ1n) is 6.23. The van der Waals surface area contributed by atoms with Crippen molar-refractivity contribution in [2.45, 2.75) is 26.7 Å². The molecule has 0 aromatic carbocycles. The summed E-state index contributed by atoms with van der Waals surface area (Å²) in [5.41, 5.74) is 2.09.